The van der Waals surface area contributed by atoms with Crippen LogP contribution in [0.3, 0.4) is 0 Å². The molecule has 0 aliphatic heterocycles. The summed E-state index contributed by atoms with van der Waals surface area (Å²) in [7, 11) is 0. The van der Waals surface area contributed by atoms with Gasteiger partial charge in [0.05, 0.1) is 6.10 Å². The van der Waals surface area contributed by atoms with Crippen molar-refractivity contribution >= 4 is 5.78 Å². The van der Waals surface area contributed by atoms with Crippen molar-refractivity contribution in [2.75, 3.05) is 0 Å². The molecule has 0 spiro atoms. The Morgan fingerprint density at radius 2 is 1.89 bits per heavy atom. The molecule has 0 saturated heterocycles. The van der Waals surface area contributed by atoms with Crippen molar-refractivity contribution in [2.24, 2.45) is 39.9 Å². The number of carbonyl (C=O) groups is 1. The van der Waals surface area contributed by atoms with Crippen LogP contribution in [0.15, 0.2) is 11.6 Å². The predicted molar refractivity (Wildman–Crippen MR) is 108 cm³/mol. The monoisotopic (exact) mass is 370 g/mol. The average Bonchev–Trinajstić information content (AvgIpc) is 2.92. The average molecular weight is 371 g/mol. The first-order valence-electron chi connectivity index (χ1n) is 11.7. The molecule has 0 radical (unpaired) electrons. The largest absolute Gasteiger partial charge is 0.393 e. The molecule has 5 aliphatic carbocycles. The van der Waals surface area contributed by atoms with Gasteiger partial charge in [0.25, 0.3) is 0 Å². The van der Waals surface area contributed by atoms with E-state index >= 15 is 0 Å². The molecule has 0 amide bonds. The standard InChI is InChI=1S/C25H38O2/c1-16(26)25-11-5-4-6-18(25)15-22-20-8-7-17-14-19(27)9-12-23(17,2)21(20)10-13-24(22,25)3/h7,18-22,27H,4-6,8-15H2,1-3H3/t18-,19+,20+,21-,22-,23+,24-,25-/m1/s1. The lowest BCUT2D eigenvalue weighted by Crippen LogP contribution is -2.55. The lowest BCUT2D eigenvalue weighted by Gasteiger charge is -2.60. The summed E-state index contributed by atoms with van der Waals surface area (Å²) < 4.78 is 0. The third-order valence-corrected chi connectivity index (χ3v) is 10.7. The molecule has 0 aromatic carbocycles. The number of fused-ring (bicyclic) bond motifs is 7. The SMILES string of the molecule is CC(=O)[C@]12CCCC[C@@H]1C[C@@H]1[C@H]3CC=C4C[C@@H](O)CC[C@]4(C)[C@@H]3CC[C@]12C. The molecule has 2 heteroatoms. The van der Waals surface area contributed by atoms with Gasteiger partial charge < -0.3 is 5.11 Å². The van der Waals surface area contributed by atoms with Crippen molar-refractivity contribution in [3.8, 4) is 0 Å². The molecule has 0 bridgehead atoms. The van der Waals surface area contributed by atoms with Crippen LogP contribution in [0.2, 0.25) is 0 Å². The van der Waals surface area contributed by atoms with Crippen LogP contribution in [0.5, 0.6) is 0 Å². The first-order valence-corrected chi connectivity index (χ1v) is 11.7. The smallest absolute Gasteiger partial charge is 0.136 e. The van der Waals surface area contributed by atoms with Gasteiger partial charge in [0.15, 0.2) is 0 Å². The van der Waals surface area contributed by atoms with Gasteiger partial charge in [-0.3, -0.25) is 4.79 Å². The van der Waals surface area contributed by atoms with Gasteiger partial charge in [-0.1, -0.05) is 38.3 Å². The molecule has 5 rings (SSSR count). The summed E-state index contributed by atoms with van der Waals surface area (Å²) in [6.07, 6.45) is 15.5. The van der Waals surface area contributed by atoms with Crippen molar-refractivity contribution in [1.82, 2.24) is 0 Å². The summed E-state index contributed by atoms with van der Waals surface area (Å²) in [6.45, 7) is 6.94. The van der Waals surface area contributed by atoms with E-state index in [0.717, 1.165) is 43.4 Å². The van der Waals surface area contributed by atoms with Gasteiger partial charge in [0.1, 0.15) is 5.78 Å². The van der Waals surface area contributed by atoms with E-state index in [1.165, 1.54) is 44.9 Å². The third kappa shape index (κ3) is 2.20. The minimum Gasteiger partial charge on any atom is -0.393 e. The third-order valence-electron chi connectivity index (χ3n) is 10.7. The molecule has 2 nitrogen and oxygen atoms in total. The molecule has 8 atom stereocenters. The van der Waals surface area contributed by atoms with E-state index in [-0.39, 0.29) is 16.9 Å². The topological polar surface area (TPSA) is 37.3 Å². The highest BCUT2D eigenvalue weighted by molar-refractivity contribution is 5.84. The zero-order valence-corrected chi connectivity index (χ0v) is 17.6. The van der Waals surface area contributed by atoms with E-state index in [0.29, 0.717) is 17.1 Å². The summed E-state index contributed by atoms with van der Waals surface area (Å²) in [5.74, 6) is 3.41. The molecular formula is C25H38O2. The van der Waals surface area contributed by atoms with E-state index in [9.17, 15) is 9.90 Å². The van der Waals surface area contributed by atoms with Crippen LogP contribution >= 0.6 is 0 Å². The number of aliphatic hydroxyl groups excluding tert-OH is 1. The first kappa shape index (κ1) is 18.4. The van der Waals surface area contributed by atoms with Crippen LogP contribution in [0.4, 0.5) is 0 Å². The van der Waals surface area contributed by atoms with Crippen molar-refractivity contribution in [3.63, 3.8) is 0 Å². The molecule has 1 N–H and O–H groups in total. The number of ketones is 1. The van der Waals surface area contributed by atoms with Gasteiger partial charge in [0, 0.05) is 5.41 Å². The zero-order chi connectivity index (χ0) is 19.0. The molecule has 4 saturated carbocycles. The van der Waals surface area contributed by atoms with Gasteiger partial charge in [-0.15, -0.1) is 0 Å². The van der Waals surface area contributed by atoms with Gasteiger partial charge in [-0.05, 0) is 99.2 Å². The number of allylic oxidation sites excluding steroid dienone is 1. The van der Waals surface area contributed by atoms with E-state index in [2.05, 4.69) is 19.9 Å². The van der Waals surface area contributed by atoms with Crippen LogP contribution in [0.1, 0.15) is 91.4 Å². The Bertz CT molecular complexity index is 680. The van der Waals surface area contributed by atoms with Crippen LogP contribution < -0.4 is 0 Å². The van der Waals surface area contributed by atoms with E-state index in [1.807, 2.05) is 6.92 Å². The highest BCUT2D eigenvalue weighted by atomic mass is 16.3. The predicted octanol–water partition coefficient (Wildman–Crippen LogP) is 5.69. The number of hydrogen-bond acceptors (Lipinski definition) is 2. The van der Waals surface area contributed by atoms with Gasteiger partial charge in [0.2, 0.25) is 0 Å². The molecule has 0 aromatic rings. The summed E-state index contributed by atoms with van der Waals surface area (Å²) in [4.78, 5) is 13.1. The second-order valence-corrected chi connectivity index (χ2v) is 11.3. The van der Waals surface area contributed by atoms with Crippen molar-refractivity contribution in [2.45, 2.75) is 97.5 Å². The number of Topliss-reactive ketones (excluding diaryl/α,β-unsaturated/α-hetero) is 1. The molecule has 27 heavy (non-hydrogen) atoms. The second-order valence-electron chi connectivity index (χ2n) is 11.3. The molecule has 0 unspecified atom stereocenters. The summed E-state index contributed by atoms with van der Waals surface area (Å²) >= 11 is 0. The Morgan fingerprint density at radius 1 is 1.07 bits per heavy atom. The Hall–Kier alpha value is -0.630. The second kappa shape index (κ2) is 5.94. The molecule has 150 valence electrons. The first-order chi connectivity index (χ1) is 12.8. The van der Waals surface area contributed by atoms with E-state index < -0.39 is 0 Å². The molecule has 0 heterocycles. The Labute approximate surface area is 165 Å². The highest BCUT2D eigenvalue weighted by Gasteiger charge is 2.68. The maximum atomic E-state index is 13.1. The summed E-state index contributed by atoms with van der Waals surface area (Å²) in [5, 5.41) is 10.2. The zero-order valence-electron chi connectivity index (χ0n) is 17.6. The fraction of sp³-hybridized carbons (Fsp3) is 0.880. The van der Waals surface area contributed by atoms with Crippen LogP contribution in [-0.4, -0.2) is 17.0 Å². The van der Waals surface area contributed by atoms with Gasteiger partial charge in [-0.25, -0.2) is 0 Å². The minimum absolute atomic E-state index is 0.0193. The quantitative estimate of drug-likeness (QED) is 0.602. The minimum atomic E-state index is -0.120. The Kier molecular flexibility index (Phi) is 4.05. The molecule has 5 aliphatic rings. The number of hydrogen-bond donors (Lipinski definition) is 1. The van der Waals surface area contributed by atoms with E-state index in [4.69, 9.17) is 0 Å². The Morgan fingerprint density at radius 3 is 2.67 bits per heavy atom. The molecule has 0 aromatic heterocycles. The summed E-state index contributed by atoms with van der Waals surface area (Å²) in [6, 6.07) is 0. The van der Waals surface area contributed by atoms with Crippen LogP contribution in [-0.2, 0) is 4.79 Å². The fourth-order valence-corrected chi connectivity index (χ4v) is 9.44. The molecular weight excluding hydrogens is 332 g/mol. The fourth-order valence-electron chi connectivity index (χ4n) is 9.44. The highest BCUT2D eigenvalue weighted by Crippen LogP contribution is 2.73. The molecule has 4 fully saturated rings. The lowest BCUT2D eigenvalue weighted by atomic mass is 9.44. The Balaban J connectivity index is 1.54. The maximum Gasteiger partial charge on any atom is 0.136 e. The van der Waals surface area contributed by atoms with Crippen LogP contribution in [0, 0.1) is 39.9 Å². The van der Waals surface area contributed by atoms with E-state index in [1.54, 1.807) is 5.57 Å². The lowest BCUT2D eigenvalue weighted by molar-refractivity contribution is -0.147. The summed E-state index contributed by atoms with van der Waals surface area (Å²) in [5.41, 5.74) is 2.07. The van der Waals surface area contributed by atoms with Crippen molar-refractivity contribution < 1.29 is 9.90 Å². The number of rotatable bonds is 1. The normalized spacial score (nSPS) is 54.2. The van der Waals surface area contributed by atoms with Gasteiger partial charge >= 0.3 is 0 Å². The van der Waals surface area contributed by atoms with Crippen molar-refractivity contribution in [1.29, 1.82) is 0 Å². The van der Waals surface area contributed by atoms with Gasteiger partial charge in [-0.2, -0.15) is 0 Å². The number of carbonyl (C=O) groups excluding carboxylic acids is 1. The number of aliphatic hydroxyl groups is 1. The van der Waals surface area contributed by atoms with Crippen LogP contribution in [0.25, 0.3) is 0 Å². The van der Waals surface area contributed by atoms with Crippen molar-refractivity contribution in [3.05, 3.63) is 11.6 Å². The maximum absolute atomic E-state index is 13.1.